The fourth-order valence-electron chi connectivity index (χ4n) is 2.81. The number of aryl methyl sites for hydroxylation is 1. The van der Waals surface area contributed by atoms with Crippen LogP contribution in [0.1, 0.15) is 22.4 Å². The third-order valence-electron chi connectivity index (χ3n) is 4.15. The zero-order chi connectivity index (χ0) is 19.8. The Kier molecular flexibility index (Phi) is 7.03. The molecule has 0 unspecified atom stereocenters. The zero-order valence-corrected chi connectivity index (χ0v) is 16.6. The van der Waals surface area contributed by atoms with E-state index < -0.39 is 0 Å². The van der Waals surface area contributed by atoms with Gasteiger partial charge in [0.1, 0.15) is 0 Å². The number of hydrogen-bond acceptors (Lipinski definition) is 4. The Balaban J connectivity index is 1.53. The van der Waals surface area contributed by atoms with E-state index in [0.717, 1.165) is 12.0 Å². The number of hydrogen-bond donors (Lipinski definition) is 2. The standard InChI is InChI=1S/C22H23N3O2S/c1-16-6-5-9-18(12-16)15-28-22-24-19(14-21(27)25-22)13-20(26)23-11-10-17-7-3-2-4-8-17/h2-9,12,14H,10-11,13,15H2,1H3,(H,23,26)(H,24,25,27). The van der Waals surface area contributed by atoms with Crippen molar-refractivity contribution in [2.75, 3.05) is 6.54 Å². The van der Waals surface area contributed by atoms with Gasteiger partial charge in [-0.05, 0) is 24.5 Å². The van der Waals surface area contributed by atoms with Crippen LogP contribution in [0.2, 0.25) is 0 Å². The maximum Gasteiger partial charge on any atom is 0.251 e. The number of carbonyl (C=O) groups excluding carboxylic acids is 1. The van der Waals surface area contributed by atoms with Crippen LogP contribution in [0.15, 0.2) is 70.6 Å². The van der Waals surface area contributed by atoms with Crippen molar-refractivity contribution in [3.63, 3.8) is 0 Å². The van der Waals surface area contributed by atoms with Gasteiger partial charge in [-0.25, -0.2) is 4.98 Å². The quantitative estimate of drug-likeness (QED) is 0.455. The third-order valence-corrected chi connectivity index (χ3v) is 5.10. The van der Waals surface area contributed by atoms with Gasteiger partial charge in [-0.1, -0.05) is 71.9 Å². The summed E-state index contributed by atoms with van der Waals surface area (Å²) in [6, 6.07) is 19.6. The number of aromatic nitrogens is 2. The van der Waals surface area contributed by atoms with Gasteiger partial charge in [0.25, 0.3) is 5.56 Å². The molecule has 144 valence electrons. The Morgan fingerprint density at radius 3 is 2.64 bits per heavy atom. The van der Waals surface area contributed by atoms with E-state index in [4.69, 9.17) is 0 Å². The minimum atomic E-state index is -0.242. The molecule has 0 aliphatic heterocycles. The van der Waals surface area contributed by atoms with Crippen LogP contribution in [0.4, 0.5) is 0 Å². The van der Waals surface area contributed by atoms with Gasteiger partial charge >= 0.3 is 0 Å². The van der Waals surface area contributed by atoms with E-state index in [9.17, 15) is 9.59 Å². The zero-order valence-electron chi connectivity index (χ0n) is 15.8. The summed E-state index contributed by atoms with van der Waals surface area (Å²) in [6.07, 6.45) is 0.865. The molecule has 5 nitrogen and oxygen atoms in total. The molecule has 2 N–H and O–H groups in total. The Morgan fingerprint density at radius 2 is 1.86 bits per heavy atom. The molecule has 1 amide bonds. The second-order valence-electron chi connectivity index (χ2n) is 6.58. The number of rotatable bonds is 8. The first kappa shape index (κ1) is 19.9. The minimum absolute atomic E-state index is 0.0940. The van der Waals surface area contributed by atoms with E-state index in [-0.39, 0.29) is 17.9 Å². The molecule has 3 rings (SSSR count). The predicted octanol–water partition coefficient (Wildman–Crippen LogP) is 3.27. The molecule has 28 heavy (non-hydrogen) atoms. The van der Waals surface area contributed by atoms with Crippen LogP contribution < -0.4 is 10.9 Å². The summed E-state index contributed by atoms with van der Waals surface area (Å²) >= 11 is 1.45. The van der Waals surface area contributed by atoms with Crippen molar-refractivity contribution < 1.29 is 4.79 Å². The summed E-state index contributed by atoms with van der Waals surface area (Å²) in [6.45, 7) is 2.60. The van der Waals surface area contributed by atoms with Crippen LogP contribution in [-0.4, -0.2) is 22.4 Å². The summed E-state index contributed by atoms with van der Waals surface area (Å²) in [5.74, 6) is 0.570. The highest BCUT2D eigenvalue weighted by atomic mass is 32.2. The number of benzene rings is 2. The second-order valence-corrected chi connectivity index (χ2v) is 7.55. The molecule has 0 saturated heterocycles. The molecule has 0 aliphatic carbocycles. The normalized spacial score (nSPS) is 10.6. The Hall–Kier alpha value is -2.86. The van der Waals surface area contributed by atoms with E-state index in [1.54, 1.807) is 0 Å². The maximum absolute atomic E-state index is 12.2. The summed E-state index contributed by atoms with van der Waals surface area (Å²) in [4.78, 5) is 31.2. The van der Waals surface area contributed by atoms with Crippen molar-refractivity contribution in [2.45, 2.75) is 30.7 Å². The van der Waals surface area contributed by atoms with Gasteiger partial charge in [-0.15, -0.1) is 0 Å². The largest absolute Gasteiger partial charge is 0.355 e. The Labute approximate surface area is 168 Å². The molecule has 0 saturated carbocycles. The van der Waals surface area contributed by atoms with Crippen LogP contribution in [0, 0.1) is 6.92 Å². The third kappa shape index (κ3) is 6.39. The van der Waals surface area contributed by atoms with Crippen LogP contribution in [-0.2, 0) is 23.4 Å². The van der Waals surface area contributed by atoms with Gasteiger partial charge in [0.2, 0.25) is 5.91 Å². The lowest BCUT2D eigenvalue weighted by atomic mass is 10.1. The number of nitrogens with one attached hydrogen (secondary N) is 2. The molecule has 0 atom stereocenters. The van der Waals surface area contributed by atoms with Crippen molar-refractivity contribution in [3.05, 3.63) is 93.4 Å². The molecule has 0 fully saturated rings. The van der Waals surface area contributed by atoms with Gasteiger partial charge in [-0.3, -0.25) is 9.59 Å². The number of aromatic amines is 1. The van der Waals surface area contributed by atoms with Crippen LogP contribution >= 0.6 is 11.8 Å². The molecule has 0 aliphatic rings. The van der Waals surface area contributed by atoms with E-state index in [1.807, 2.05) is 55.5 Å². The van der Waals surface area contributed by atoms with Crippen molar-refractivity contribution in [2.24, 2.45) is 0 Å². The lowest BCUT2D eigenvalue weighted by Crippen LogP contribution is -2.28. The summed E-state index contributed by atoms with van der Waals surface area (Å²) in [7, 11) is 0. The molecular formula is C22H23N3O2S. The fraction of sp³-hybridized carbons (Fsp3) is 0.227. The smallest absolute Gasteiger partial charge is 0.251 e. The van der Waals surface area contributed by atoms with Gasteiger partial charge < -0.3 is 10.3 Å². The number of H-pyrrole nitrogens is 1. The number of carbonyl (C=O) groups is 1. The minimum Gasteiger partial charge on any atom is -0.355 e. The molecule has 3 aromatic rings. The predicted molar refractivity (Wildman–Crippen MR) is 112 cm³/mol. The van der Waals surface area contributed by atoms with Gasteiger partial charge in [-0.2, -0.15) is 0 Å². The Morgan fingerprint density at radius 1 is 1.07 bits per heavy atom. The highest BCUT2D eigenvalue weighted by Crippen LogP contribution is 2.19. The summed E-state index contributed by atoms with van der Waals surface area (Å²) in [5.41, 5.74) is 3.77. The van der Waals surface area contributed by atoms with Crippen LogP contribution in [0.25, 0.3) is 0 Å². The highest BCUT2D eigenvalue weighted by Gasteiger charge is 2.08. The van der Waals surface area contributed by atoms with Gasteiger partial charge in [0, 0.05) is 18.4 Å². The fourth-order valence-corrected chi connectivity index (χ4v) is 3.65. The first-order valence-corrected chi connectivity index (χ1v) is 10.2. The first-order valence-electron chi connectivity index (χ1n) is 9.18. The van der Waals surface area contributed by atoms with Crippen molar-refractivity contribution in [1.29, 1.82) is 0 Å². The number of nitrogens with zero attached hydrogens (tertiary/aromatic N) is 1. The van der Waals surface area contributed by atoms with E-state index in [2.05, 4.69) is 21.4 Å². The molecule has 0 radical (unpaired) electrons. The van der Waals surface area contributed by atoms with E-state index >= 15 is 0 Å². The summed E-state index contributed by atoms with van der Waals surface area (Å²) in [5, 5.41) is 3.41. The van der Waals surface area contributed by atoms with Gasteiger partial charge in [0.15, 0.2) is 5.16 Å². The topological polar surface area (TPSA) is 74.8 Å². The second kappa shape index (κ2) is 9.90. The number of amides is 1. The summed E-state index contributed by atoms with van der Waals surface area (Å²) < 4.78 is 0. The monoisotopic (exact) mass is 393 g/mol. The SMILES string of the molecule is Cc1cccc(CSc2nc(CC(=O)NCCc3ccccc3)cc(=O)[nH]2)c1. The van der Waals surface area contributed by atoms with Gasteiger partial charge in [0.05, 0.1) is 12.1 Å². The average molecular weight is 394 g/mol. The molecule has 0 bridgehead atoms. The molecular weight excluding hydrogens is 370 g/mol. The molecule has 6 heteroatoms. The van der Waals surface area contributed by atoms with E-state index in [0.29, 0.717) is 23.1 Å². The Bertz CT molecular complexity index is 986. The molecule has 1 heterocycles. The van der Waals surface area contributed by atoms with Crippen molar-refractivity contribution in [1.82, 2.24) is 15.3 Å². The first-order chi connectivity index (χ1) is 13.6. The molecule has 0 spiro atoms. The van der Waals surface area contributed by atoms with Crippen LogP contribution in [0.5, 0.6) is 0 Å². The van der Waals surface area contributed by atoms with Crippen LogP contribution in [0.3, 0.4) is 0 Å². The molecule has 1 aromatic heterocycles. The molecule has 2 aromatic carbocycles. The van der Waals surface area contributed by atoms with Crippen molar-refractivity contribution in [3.8, 4) is 0 Å². The average Bonchev–Trinajstić information content (AvgIpc) is 2.67. The lowest BCUT2D eigenvalue weighted by Gasteiger charge is -2.07. The lowest BCUT2D eigenvalue weighted by molar-refractivity contribution is -0.120. The van der Waals surface area contributed by atoms with Crippen molar-refractivity contribution >= 4 is 17.7 Å². The number of thioether (sulfide) groups is 1. The maximum atomic E-state index is 12.2. The highest BCUT2D eigenvalue weighted by molar-refractivity contribution is 7.98. The van der Waals surface area contributed by atoms with E-state index in [1.165, 1.54) is 29.0 Å².